The van der Waals surface area contributed by atoms with Gasteiger partial charge < -0.3 is 25.4 Å². The molecule has 1 aliphatic rings. The van der Waals surface area contributed by atoms with E-state index in [1.54, 1.807) is 19.2 Å². The minimum Gasteiger partial charge on any atom is -0.482 e. The van der Waals surface area contributed by atoms with Crippen molar-refractivity contribution in [2.75, 3.05) is 52.2 Å². The Labute approximate surface area is 226 Å². The summed E-state index contributed by atoms with van der Waals surface area (Å²) in [5.41, 5.74) is 8.16. The number of halogens is 3. The molecule has 1 fully saturated rings. The summed E-state index contributed by atoms with van der Waals surface area (Å²) in [5, 5.41) is 7.95. The van der Waals surface area contributed by atoms with E-state index < -0.39 is 11.9 Å². The fourth-order valence-electron chi connectivity index (χ4n) is 4.44. The number of nitrogens with zero attached hydrogens (tertiary/aromatic N) is 4. The molecule has 3 aromatic rings. The van der Waals surface area contributed by atoms with Gasteiger partial charge in [0.1, 0.15) is 11.9 Å². The average Bonchev–Trinajstić information content (AvgIpc) is 3.38. The number of nitrogens with one attached hydrogen (secondary N) is 1. The largest absolute Gasteiger partial charge is 0.482 e. The van der Waals surface area contributed by atoms with E-state index in [0.717, 1.165) is 63.4 Å². The van der Waals surface area contributed by atoms with E-state index in [0.29, 0.717) is 22.4 Å². The maximum Gasteiger partial charge on any atom is 0.166 e. The number of nitrogens with two attached hydrogens (primary N) is 1. The number of nitrogen functional groups attached to an aromatic ring is 1. The van der Waals surface area contributed by atoms with Crippen LogP contribution in [0, 0.1) is 5.82 Å². The molecule has 3 heterocycles. The van der Waals surface area contributed by atoms with Crippen molar-refractivity contribution in [1.82, 2.24) is 25.0 Å². The summed E-state index contributed by atoms with van der Waals surface area (Å²) in [6.07, 6.45) is 6.95. The third-order valence-corrected chi connectivity index (χ3v) is 7.30. The second kappa shape index (κ2) is 12.9. The molecular formula is C26H33Cl2FN6O2. The second-order valence-electron chi connectivity index (χ2n) is 9.12. The summed E-state index contributed by atoms with van der Waals surface area (Å²) in [7, 11) is 1.92. The predicted molar refractivity (Wildman–Crippen MR) is 145 cm³/mol. The summed E-state index contributed by atoms with van der Waals surface area (Å²) in [6.45, 7) is 7.07. The smallest absolute Gasteiger partial charge is 0.166 e. The molecule has 1 aromatic carbocycles. The van der Waals surface area contributed by atoms with E-state index in [1.165, 1.54) is 12.1 Å². The van der Waals surface area contributed by atoms with Crippen molar-refractivity contribution >= 4 is 29.0 Å². The zero-order valence-corrected chi connectivity index (χ0v) is 22.6. The number of anilines is 1. The molecule has 0 bridgehead atoms. The van der Waals surface area contributed by atoms with Crippen molar-refractivity contribution in [3.8, 4) is 16.9 Å². The number of hydrogen-bond donors (Lipinski definition) is 2. The number of rotatable bonds is 11. The molecule has 37 heavy (non-hydrogen) atoms. The van der Waals surface area contributed by atoms with Crippen LogP contribution < -0.4 is 15.8 Å². The summed E-state index contributed by atoms with van der Waals surface area (Å²) in [5.74, 6) is 0.0146. The minimum atomic E-state index is -0.642. The zero-order chi connectivity index (χ0) is 26.4. The topological polar surface area (TPSA) is 90.5 Å². The molecular weight excluding hydrogens is 518 g/mol. The van der Waals surface area contributed by atoms with Crippen molar-refractivity contribution < 1.29 is 13.9 Å². The molecule has 2 aromatic heterocycles. The van der Waals surface area contributed by atoms with Gasteiger partial charge in [-0.05, 0) is 45.0 Å². The average molecular weight is 551 g/mol. The Morgan fingerprint density at radius 1 is 1.19 bits per heavy atom. The lowest BCUT2D eigenvalue weighted by Crippen LogP contribution is -2.37. The number of aromatic nitrogens is 3. The molecule has 1 atom stereocenters. The Hall–Kier alpha value is -2.43. The Morgan fingerprint density at radius 3 is 2.73 bits per heavy atom. The fourth-order valence-corrected chi connectivity index (χ4v) is 5.11. The summed E-state index contributed by atoms with van der Waals surface area (Å²) in [6, 6.07) is 4.82. The van der Waals surface area contributed by atoms with Crippen LogP contribution in [-0.2, 0) is 4.74 Å². The van der Waals surface area contributed by atoms with E-state index in [2.05, 4.69) is 20.3 Å². The van der Waals surface area contributed by atoms with Gasteiger partial charge in [0.2, 0.25) is 0 Å². The number of piperidine rings is 1. The number of pyridine rings is 1. The van der Waals surface area contributed by atoms with Crippen molar-refractivity contribution in [3.63, 3.8) is 0 Å². The van der Waals surface area contributed by atoms with Gasteiger partial charge in [0.25, 0.3) is 0 Å². The number of likely N-dealkylation sites (tertiary alicyclic amines) is 1. The molecule has 3 N–H and O–H groups in total. The minimum absolute atomic E-state index is 0.0728. The lowest BCUT2D eigenvalue weighted by atomic mass is 10.1. The van der Waals surface area contributed by atoms with Crippen LogP contribution in [0.2, 0.25) is 10.0 Å². The van der Waals surface area contributed by atoms with Crippen LogP contribution in [0.15, 0.2) is 36.8 Å². The van der Waals surface area contributed by atoms with Gasteiger partial charge in [-0.2, -0.15) is 5.10 Å². The van der Waals surface area contributed by atoms with Gasteiger partial charge >= 0.3 is 0 Å². The Balaban J connectivity index is 1.38. The van der Waals surface area contributed by atoms with Gasteiger partial charge in [0, 0.05) is 60.3 Å². The van der Waals surface area contributed by atoms with Crippen molar-refractivity contribution in [2.45, 2.75) is 31.9 Å². The summed E-state index contributed by atoms with van der Waals surface area (Å²) in [4.78, 5) is 6.73. The molecule has 0 spiro atoms. The van der Waals surface area contributed by atoms with Gasteiger partial charge in [-0.15, -0.1) is 0 Å². The molecule has 11 heteroatoms. The van der Waals surface area contributed by atoms with Crippen LogP contribution >= 0.6 is 23.2 Å². The second-order valence-corrected chi connectivity index (χ2v) is 9.91. The molecule has 0 amide bonds. The highest BCUT2D eigenvalue weighted by molar-refractivity contribution is 6.36. The van der Waals surface area contributed by atoms with E-state index in [1.807, 2.05) is 24.1 Å². The van der Waals surface area contributed by atoms with E-state index in [9.17, 15) is 4.39 Å². The molecule has 0 aliphatic carbocycles. The maximum absolute atomic E-state index is 14.0. The van der Waals surface area contributed by atoms with Crippen molar-refractivity contribution in [3.05, 3.63) is 58.2 Å². The SMILES string of the molecule is CNCCOCCN1CCC(n2cc(-c3cnc(N)c(O[C@H](C)c4c(Cl)ccc(F)c4Cl)c3)cn2)CC1. The van der Waals surface area contributed by atoms with E-state index in [4.69, 9.17) is 38.4 Å². The summed E-state index contributed by atoms with van der Waals surface area (Å²) >= 11 is 12.4. The van der Waals surface area contributed by atoms with Gasteiger partial charge in [0.15, 0.2) is 11.6 Å². The number of ether oxygens (including phenoxy) is 2. The van der Waals surface area contributed by atoms with Gasteiger partial charge in [-0.3, -0.25) is 4.68 Å². The van der Waals surface area contributed by atoms with Crippen LogP contribution in [-0.4, -0.2) is 66.1 Å². The number of hydrogen-bond acceptors (Lipinski definition) is 7. The lowest BCUT2D eigenvalue weighted by molar-refractivity contribution is 0.0901. The van der Waals surface area contributed by atoms with Crippen molar-refractivity contribution in [2.24, 2.45) is 0 Å². The molecule has 1 saturated heterocycles. The third kappa shape index (κ3) is 6.91. The third-order valence-electron chi connectivity index (χ3n) is 6.59. The first kappa shape index (κ1) is 27.6. The molecule has 0 radical (unpaired) electrons. The highest BCUT2D eigenvalue weighted by Crippen LogP contribution is 2.37. The van der Waals surface area contributed by atoms with E-state index in [-0.39, 0.29) is 10.8 Å². The van der Waals surface area contributed by atoms with Crippen LogP contribution in [0.25, 0.3) is 11.1 Å². The first-order chi connectivity index (χ1) is 17.9. The van der Waals surface area contributed by atoms with Gasteiger partial charge in [0.05, 0.1) is 30.5 Å². The number of benzene rings is 1. The quantitative estimate of drug-likeness (QED) is 0.257. The van der Waals surface area contributed by atoms with E-state index >= 15 is 0 Å². The predicted octanol–water partition coefficient (Wildman–Crippen LogP) is 4.99. The highest BCUT2D eigenvalue weighted by Gasteiger charge is 2.22. The fraction of sp³-hybridized carbons (Fsp3) is 0.462. The Morgan fingerprint density at radius 2 is 1.97 bits per heavy atom. The zero-order valence-electron chi connectivity index (χ0n) is 21.1. The first-order valence-electron chi connectivity index (χ1n) is 12.4. The molecule has 4 rings (SSSR count). The highest BCUT2D eigenvalue weighted by atomic mass is 35.5. The van der Waals surface area contributed by atoms with Crippen LogP contribution in [0.1, 0.15) is 37.5 Å². The van der Waals surface area contributed by atoms with Crippen LogP contribution in [0.5, 0.6) is 5.75 Å². The summed E-state index contributed by atoms with van der Waals surface area (Å²) < 4.78 is 27.7. The molecule has 0 unspecified atom stereocenters. The van der Waals surface area contributed by atoms with Crippen LogP contribution in [0.4, 0.5) is 10.2 Å². The number of likely N-dealkylation sites (N-methyl/N-ethyl adjacent to an activating group) is 1. The monoisotopic (exact) mass is 550 g/mol. The Kier molecular flexibility index (Phi) is 9.61. The van der Waals surface area contributed by atoms with Crippen molar-refractivity contribution in [1.29, 1.82) is 0 Å². The normalized spacial score (nSPS) is 15.7. The standard InChI is InChI=1S/C26H33Cl2FN6O2/c1-17(24-21(27)3-4-22(29)25(24)28)37-23-13-18(14-32-26(23)30)19-15-33-35(16-19)20-5-8-34(9-6-20)10-12-36-11-7-31-2/h3-4,13-17,20,31H,5-12H2,1-2H3,(H2,30,32)/t17-/m1/s1. The molecule has 1 aliphatic heterocycles. The maximum atomic E-state index is 14.0. The lowest BCUT2D eigenvalue weighted by Gasteiger charge is -2.31. The van der Waals surface area contributed by atoms with Gasteiger partial charge in [-0.1, -0.05) is 23.2 Å². The van der Waals surface area contributed by atoms with Gasteiger partial charge in [-0.25, -0.2) is 9.37 Å². The Bertz CT molecular complexity index is 1190. The molecule has 8 nitrogen and oxygen atoms in total. The molecule has 0 saturated carbocycles. The van der Waals surface area contributed by atoms with Crippen LogP contribution in [0.3, 0.4) is 0 Å². The first-order valence-corrected chi connectivity index (χ1v) is 13.2. The molecule has 200 valence electrons.